The molecule has 1 unspecified atom stereocenters. The Labute approximate surface area is 216 Å². The minimum atomic E-state index is -0.786. The highest BCUT2D eigenvalue weighted by molar-refractivity contribution is 6.16. The fourth-order valence-electron chi connectivity index (χ4n) is 5.05. The van der Waals surface area contributed by atoms with Crippen molar-refractivity contribution in [2.75, 3.05) is 43.0 Å². The maximum atomic E-state index is 13.4. The molecular weight excluding hydrogens is 466 g/mol. The van der Waals surface area contributed by atoms with Crippen LogP contribution in [0.3, 0.4) is 0 Å². The number of piperazine rings is 1. The maximum Gasteiger partial charge on any atom is 0.294 e. The lowest BCUT2D eigenvalue weighted by molar-refractivity contribution is -0.118. The van der Waals surface area contributed by atoms with Crippen molar-refractivity contribution >= 4 is 23.1 Å². The van der Waals surface area contributed by atoms with Crippen LogP contribution in [0.25, 0.3) is 0 Å². The summed E-state index contributed by atoms with van der Waals surface area (Å²) in [6.07, 6.45) is 0.675. The van der Waals surface area contributed by atoms with Gasteiger partial charge in [-0.15, -0.1) is 0 Å². The number of ketones is 1. The Kier molecular flexibility index (Phi) is 6.97. The number of nitrogens with zero attached hydrogens (tertiary/aromatic N) is 3. The minimum absolute atomic E-state index is 0.0845. The first-order valence-corrected chi connectivity index (χ1v) is 12.6. The summed E-state index contributed by atoms with van der Waals surface area (Å²) in [5.74, 6) is -1.31. The molecule has 0 bridgehead atoms. The second kappa shape index (κ2) is 10.5. The first-order chi connectivity index (χ1) is 17.9. The molecule has 2 aliphatic rings. The average Bonchev–Trinajstić information content (AvgIpc) is 3.19. The molecule has 7 heteroatoms. The Morgan fingerprint density at radius 3 is 2.11 bits per heavy atom. The molecule has 1 atom stereocenters. The van der Waals surface area contributed by atoms with Gasteiger partial charge in [0.1, 0.15) is 5.75 Å². The number of aliphatic hydroxyl groups excluding tert-OH is 1. The largest absolute Gasteiger partial charge is 0.508 e. The number of phenols is 1. The first kappa shape index (κ1) is 24.6. The number of aromatic hydroxyl groups is 1. The number of amides is 1. The van der Waals surface area contributed by atoms with Crippen LogP contribution in [-0.2, 0) is 16.0 Å². The number of aliphatic hydroxyl groups is 1. The molecule has 1 fully saturated rings. The molecule has 37 heavy (non-hydrogen) atoms. The number of phenolic OH excluding ortho intramolecular Hbond substituents is 1. The lowest BCUT2D eigenvalue weighted by Crippen LogP contribution is -2.44. The summed E-state index contributed by atoms with van der Waals surface area (Å²) in [5, 5.41) is 20.8. The van der Waals surface area contributed by atoms with Gasteiger partial charge in [0, 0.05) is 44.0 Å². The molecule has 1 saturated heterocycles. The van der Waals surface area contributed by atoms with Crippen LogP contribution >= 0.6 is 0 Å². The summed E-state index contributed by atoms with van der Waals surface area (Å²) in [6, 6.07) is 23.0. The predicted octanol–water partition coefficient (Wildman–Crippen LogP) is 4.25. The monoisotopic (exact) mass is 497 g/mol. The number of hydrogen-bond acceptors (Lipinski definition) is 6. The molecule has 0 radical (unpaired) electrons. The number of Topliss-reactive ketones (excluding diaryl/α,β-unsaturated/α-hetero) is 1. The predicted molar refractivity (Wildman–Crippen MR) is 144 cm³/mol. The number of likely N-dealkylation sites (N-methyl/N-ethyl adjacent to an activating group) is 1. The van der Waals surface area contributed by atoms with Crippen LogP contribution in [0.15, 0.2) is 90.2 Å². The topological polar surface area (TPSA) is 84.3 Å². The molecule has 3 aromatic carbocycles. The van der Waals surface area contributed by atoms with E-state index in [9.17, 15) is 19.8 Å². The lowest BCUT2D eigenvalue weighted by Gasteiger charge is -2.34. The van der Waals surface area contributed by atoms with Crippen molar-refractivity contribution in [1.29, 1.82) is 0 Å². The smallest absolute Gasteiger partial charge is 0.294 e. The van der Waals surface area contributed by atoms with E-state index in [1.807, 2.05) is 54.6 Å². The van der Waals surface area contributed by atoms with E-state index in [-0.39, 0.29) is 23.5 Å². The van der Waals surface area contributed by atoms with E-state index in [0.717, 1.165) is 37.4 Å². The van der Waals surface area contributed by atoms with Crippen molar-refractivity contribution in [2.24, 2.45) is 0 Å². The van der Waals surface area contributed by atoms with Gasteiger partial charge in [0.2, 0.25) is 0 Å². The standard InChI is InChI=1S/C30H31N3O4/c1-31-17-19-32(20-18-31)23-10-12-24(13-11-23)33-28(22-8-14-25(34)15-9-22)27(29(36)30(33)37)26(35)16-7-21-5-3-2-4-6-21/h2-6,8-15,28,34,36H,7,16-20H2,1H3. The van der Waals surface area contributed by atoms with Crippen LogP contribution in [0, 0.1) is 0 Å². The molecular formula is C30H31N3O4. The third-order valence-electron chi connectivity index (χ3n) is 7.20. The van der Waals surface area contributed by atoms with Crippen molar-refractivity contribution in [1.82, 2.24) is 4.90 Å². The van der Waals surface area contributed by atoms with Gasteiger partial charge >= 0.3 is 0 Å². The van der Waals surface area contributed by atoms with Crippen molar-refractivity contribution in [3.63, 3.8) is 0 Å². The Bertz CT molecular complexity index is 1290. The van der Waals surface area contributed by atoms with Crippen molar-refractivity contribution in [3.05, 3.63) is 101 Å². The van der Waals surface area contributed by atoms with E-state index in [4.69, 9.17) is 0 Å². The van der Waals surface area contributed by atoms with Gasteiger partial charge in [0.15, 0.2) is 11.5 Å². The second-order valence-electron chi connectivity index (χ2n) is 9.65. The van der Waals surface area contributed by atoms with Gasteiger partial charge in [-0.2, -0.15) is 0 Å². The second-order valence-corrected chi connectivity index (χ2v) is 9.65. The Morgan fingerprint density at radius 1 is 0.838 bits per heavy atom. The summed E-state index contributed by atoms with van der Waals surface area (Å²) in [5.41, 5.74) is 3.41. The van der Waals surface area contributed by atoms with Gasteiger partial charge in [-0.25, -0.2) is 0 Å². The zero-order chi connectivity index (χ0) is 25.9. The fraction of sp³-hybridized carbons (Fsp3) is 0.267. The third-order valence-corrected chi connectivity index (χ3v) is 7.20. The molecule has 190 valence electrons. The van der Waals surface area contributed by atoms with Gasteiger partial charge in [-0.05, 0) is 61.0 Å². The quantitative estimate of drug-likeness (QED) is 0.508. The highest BCUT2D eigenvalue weighted by Crippen LogP contribution is 2.42. The molecule has 0 aromatic heterocycles. The van der Waals surface area contributed by atoms with E-state index in [0.29, 0.717) is 17.7 Å². The molecule has 5 rings (SSSR count). The summed E-state index contributed by atoms with van der Waals surface area (Å²) >= 11 is 0. The van der Waals surface area contributed by atoms with E-state index in [1.165, 1.54) is 17.0 Å². The minimum Gasteiger partial charge on any atom is -0.508 e. The number of anilines is 2. The van der Waals surface area contributed by atoms with Crippen LogP contribution in [0.1, 0.15) is 23.6 Å². The number of benzene rings is 3. The van der Waals surface area contributed by atoms with Gasteiger partial charge in [0.25, 0.3) is 5.91 Å². The van der Waals surface area contributed by atoms with E-state index in [2.05, 4.69) is 16.8 Å². The Balaban J connectivity index is 1.45. The van der Waals surface area contributed by atoms with Crippen LogP contribution in [0.2, 0.25) is 0 Å². The Hall–Kier alpha value is -4.10. The zero-order valence-electron chi connectivity index (χ0n) is 20.9. The van der Waals surface area contributed by atoms with Crippen molar-refractivity contribution < 1.29 is 19.8 Å². The molecule has 0 saturated carbocycles. The summed E-state index contributed by atoms with van der Waals surface area (Å²) < 4.78 is 0. The molecule has 2 heterocycles. The van der Waals surface area contributed by atoms with Gasteiger partial charge in [-0.3, -0.25) is 14.5 Å². The summed E-state index contributed by atoms with van der Waals surface area (Å²) in [7, 11) is 2.11. The zero-order valence-corrected chi connectivity index (χ0v) is 20.9. The molecule has 0 aliphatic carbocycles. The van der Waals surface area contributed by atoms with Crippen LogP contribution in [0.4, 0.5) is 11.4 Å². The maximum absolute atomic E-state index is 13.4. The van der Waals surface area contributed by atoms with Crippen LogP contribution in [0.5, 0.6) is 5.75 Å². The van der Waals surface area contributed by atoms with Crippen molar-refractivity contribution in [2.45, 2.75) is 18.9 Å². The molecule has 3 aromatic rings. The summed E-state index contributed by atoms with van der Waals surface area (Å²) in [6.45, 7) is 3.83. The lowest BCUT2D eigenvalue weighted by atomic mass is 9.93. The first-order valence-electron chi connectivity index (χ1n) is 12.6. The average molecular weight is 498 g/mol. The third kappa shape index (κ3) is 5.08. The SMILES string of the molecule is CN1CCN(c2ccc(N3C(=O)C(O)=C(C(=O)CCc4ccccc4)C3c3ccc(O)cc3)cc2)CC1. The van der Waals surface area contributed by atoms with Crippen LogP contribution in [-0.4, -0.2) is 60.0 Å². The molecule has 2 N–H and O–H groups in total. The van der Waals surface area contributed by atoms with E-state index >= 15 is 0 Å². The number of carbonyl (C=O) groups is 2. The highest BCUT2D eigenvalue weighted by atomic mass is 16.3. The number of carbonyl (C=O) groups excluding carboxylic acids is 2. The number of aryl methyl sites for hydroxylation is 1. The normalized spacial score (nSPS) is 18.5. The molecule has 2 aliphatic heterocycles. The molecule has 1 amide bonds. The Morgan fingerprint density at radius 2 is 1.46 bits per heavy atom. The molecule has 0 spiro atoms. The fourth-order valence-corrected chi connectivity index (χ4v) is 5.05. The van der Waals surface area contributed by atoms with E-state index < -0.39 is 17.7 Å². The van der Waals surface area contributed by atoms with Gasteiger partial charge < -0.3 is 20.0 Å². The highest BCUT2D eigenvalue weighted by Gasteiger charge is 2.44. The van der Waals surface area contributed by atoms with Crippen LogP contribution < -0.4 is 9.80 Å². The van der Waals surface area contributed by atoms with E-state index in [1.54, 1.807) is 12.1 Å². The van der Waals surface area contributed by atoms with Crippen molar-refractivity contribution in [3.8, 4) is 5.75 Å². The number of rotatable bonds is 7. The van der Waals surface area contributed by atoms with Gasteiger partial charge in [-0.1, -0.05) is 42.5 Å². The molecule has 7 nitrogen and oxygen atoms in total. The summed E-state index contributed by atoms with van der Waals surface area (Å²) in [4.78, 5) is 32.9. The number of hydrogen-bond donors (Lipinski definition) is 2. The van der Waals surface area contributed by atoms with Gasteiger partial charge in [0.05, 0.1) is 11.6 Å².